The predicted molar refractivity (Wildman–Crippen MR) is 85.4 cm³/mol. The number of nitrogens with zero attached hydrogens (tertiary/aromatic N) is 2. The molecule has 4 nitrogen and oxygen atoms in total. The van der Waals surface area contributed by atoms with Gasteiger partial charge in [-0.15, -0.1) is 0 Å². The molecule has 2 aromatic rings. The molecule has 0 bridgehead atoms. The Bertz CT molecular complexity index is 648. The summed E-state index contributed by atoms with van der Waals surface area (Å²) < 4.78 is 1.53. The first-order valence-electron chi connectivity index (χ1n) is 7.44. The van der Waals surface area contributed by atoms with E-state index >= 15 is 0 Å². The summed E-state index contributed by atoms with van der Waals surface area (Å²) in [5, 5.41) is 7.74. The molecule has 1 aromatic carbocycles. The summed E-state index contributed by atoms with van der Waals surface area (Å²) in [5.41, 5.74) is 3.26. The van der Waals surface area contributed by atoms with Gasteiger partial charge in [0, 0.05) is 6.07 Å². The Labute approximate surface area is 125 Å². The van der Waals surface area contributed by atoms with Crippen molar-refractivity contribution in [3.05, 3.63) is 63.6 Å². The van der Waals surface area contributed by atoms with Crippen molar-refractivity contribution in [1.29, 1.82) is 0 Å². The summed E-state index contributed by atoms with van der Waals surface area (Å²) in [6, 6.07) is 10.1. The number of hydrogen-bond donors (Lipinski definition) is 1. The second-order valence-corrected chi connectivity index (χ2v) is 5.47. The molecule has 1 N–H and O–H groups in total. The second-order valence-electron chi connectivity index (χ2n) is 5.47. The highest BCUT2D eigenvalue weighted by Gasteiger charge is 2.13. The molecule has 0 aliphatic heterocycles. The molecule has 0 fully saturated rings. The Morgan fingerprint density at radius 3 is 2.71 bits per heavy atom. The SMILES string of the molecule is CCCNC(Cn1ncc(C)cc1=O)c1cccc(C)c1. The van der Waals surface area contributed by atoms with E-state index in [1.54, 1.807) is 12.3 Å². The molecule has 1 atom stereocenters. The molecule has 1 aromatic heterocycles. The Morgan fingerprint density at radius 1 is 1.24 bits per heavy atom. The molecule has 4 heteroatoms. The highest BCUT2D eigenvalue weighted by atomic mass is 16.1. The highest BCUT2D eigenvalue weighted by molar-refractivity contribution is 5.25. The van der Waals surface area contributed by atoms with Crippen LogP contribution >= 0.6 is 0 Å². The summed E-state index contributed by atoms with van der Waals surface area (Å²) >= 11 is 0. The topological polar surface area (TPSA) is 46.9 Å². The molecular weight excluding hydrogens is 262 g/mol. The van der Waals surface area contributed by atoms with Crippen molar-refractivity contribution >= 4 is 0 Å². The third kappa shape index (κ3) is 4.26. The van der Waals surface area contributed by atoms with E-state index in [1.807, 2.05) is 6.92 Å². The van der Waals surface area contributed by atoms with Crippen molar-refractivity contribution in [2.75, 3.05) is 6.54 Å². The van der Waals surface area contributed by atoms with Crippen molar-refractivity contribution in [2.24, 2.45) is 0 Å². The second kappa shape index (κ2) is 7.18. The minimum absolute atomic E-state index is 0.0500. The molecule has 112 valence electrons. The van der Waals surface area contributed by atoms with Crippen LogP contribution in [0.1, 0.15) is 36.1 Å². The maximum absolute atomic E-state index is 12.0. The van der Waals surface area contributed by atoms with Crippen molar-refractivity contribution in [3.63, 3.8) is 0 Å². The lowest BCUT2D eigenvalue weighted by atomic mass is 10.0. The summed E-state index contributed by atoms with van der Waals surface area (Å²) in [4.78, 5) is 12.0. The average Bonchev–Trinajstić information content (AvgIpc) is 2.45. The lowest BCUT2D eigenvalue weighted by molar-refractivity contribution is 0.425. The molecule has 1 heterocycles. The lowest BCUT2D eigenvalue weighted by Crippen LogP contribution is -2.32. The van der Waals surface area contributed by atoms with Gasteiger partial charge in [0.05, 0.1) is 18.8 Å². The van der Waals surface area contributed by atoms with E-state index in [1.165, 1.54) is 15.8 Å². The number of hydrogen-bond acceptors (Lipinski definition) is 3. The third-order valence-electron chi connectivity index (χ3n) is 3.45. The number of aromatic nitrogens is 2. The van der Waals surface area contributed by atoms with Crippen LogP contribution in [-0.2, 0) is 6.54 Å². The zero-order chi connectivity index (χ0) is 15.2. The minimum Gasteiger partial charge on any atom is -0.308 e. The Morgan fingerprint density at radius 2 is 2.05 bits per heavy atom. The number of nitrogens with one attached hydrogen (secondary N) is 1. The van der Waals surface area contributed by atoms with E-state index in [2.05, 4.69) is 48.5 Å². The molecule has 0 radical (unpaired) electrons. The van der Waals surface area contributed by atoms with E-state index in [-0.39, 0.29) is 11.6 Å². The summed E-state index contributed by atoms with van der Waals surface area (Å²) in [5.74, 6) is 0. The fraction of sp³-hybridized carbons (Fsp3) is 0.412. The number of rotatable bonds is 6. The van der Waals surface area contributed by atoms with Crippen LogP contribution in [0.3, 0.4) is 0 Å². The molecule has 0 spiro atoms. The van der Waals surface area contributed by atoms with Crippen LogP contribution < -0.4 is 10.9 Å². The van der Waals surface area contributed by atoms with Gasteiger partial charge in [0.25, 0.3) is 5.56 Å². The van der Waals surface area contributed by atoms with Crippen LogP contribution in [0.4, 0.5) is 0 Å². The van der Waals surface area contributed by atoms with Gasteiger partial charge in [0.1, 0.15) is 0 Å². The molecular formula is C17H23N3O. The molecule has 21 heavy (non-hydrogen) atoms. The Balaban J connectivity index is 2.26. The Hall–Kier alpha value is -1.94. The largest absolute Gasteiger partial charge is 0.308 e. The summed E-state index contributed by atoms with van der Waals surface area (Å²) in [6.07, 6.45) is 2.78. The van der Waals surface area contributed by atoms with E-state index in [9.17, 15) is 4.79 Å². The monoisotopic (exact) mass is 285 g/mol. The van der Waals surface area contributed by atoms with E-state index in [0.29, 0.717) is 6.54 Å². The van der Waals surface area contributed by atoms with Crippen LogP contribution in [0.15, 0.2) is 41.3 Å². The first kappa shape index (κ1) is 15.4. The van der Waals surface area contributed by atoms with Crippen molar-refractivity contribution in [1.82, 2.24) is 15.1 Å². The molecule has 0 aliphatic rings. The van der Waals surface area contributed by atoms with Gasteiger partial charge in [-0.3, -0.25) is 4.79 Å². The van der Waals surface area contributed by atoms with Crippen LogP contribution in [0, 0.1) is 13.8 Å². The average molecular weight is 285 g/mol. The van der Waals surface area contributed by atoms with Crippen LogP contribution in [-0.4, -0.2) is 16.3 Å². The lowest BCUT2D eigenvalue weighted by Gasteiger charge is -2.20. The molecule has 0 saturated heterocycles. The van der Waals surface area contributed by atoms with Crippen molar-refractivity contribution < 1.29 is 0 Å². The summed E-state index contributed by atoms with van der Waals surface area (Å²) in [6.45, 7) is 7.56. The normalized spacial score (nSPS) is 12.3. The maximum atomic E-state index is 12.0. The minimum atomic E-state index is -0.0500. The fourth-order valence-electron chi connectivity index (χ4n) is 2.33. The predicted octanol–water partition coefficient (Wildman–Crippen LogP) is 2.60. The van der Waals surface area contributed by atoms with Gasteiger partial charge < -0.3 is 5.32 Å². The number of aryl methyl sites for hydroxylation is 2. The van der Waals surface area contributed by atoms with Crippen molar-refractivity contribution in [3.8, 4) is 0 Å². The zero-order valence-electron chi connectivity index (χ0n) is 13.0. The van der Waals surface area contributed by atoms with Crippen LogP contribution in [0.25, 0.3) is 0 Å². The van der Waals surface area contributed by atoms with Gasteiger partial charge in [0.15, 0.2) is 0 Å². The Kier molecular flexibility index (Phi) is 5.28. The van der Waals surface area contributed by atoms with Crippen LogP contribution in [0.2, 0.25) is 0 Å². The molecule has 1 unspecified atom stereocenters. The standard InChI is InChI=1S/C17H23N3O/c1-4-8-18-16(15-7-5-6-13(2)9-15)12-20-17(21)10-14(3)11-19-20/h5-7,9-11,16,18H,4,8,12H2,1-3H3. The van der Waals surface area contributed by atoms with Gasteiger partial charge in [0.2, 0.25) is 0 Å². The highest BCUT2D eigenvalue weighted by Crippen LogP contribution is 2.16. The molecule has 0 aliphatic carbocycles. The molecule has 0 amide bonds. The smallest absolute Gasteiger partial charge is 0.267 e. The van der Waals surface area contributed by atoms with Gasteiger partial charge in [-0.05, 0) is 37.9 Å². The van der Waals surface area contributed by atoms with Gasteiger partial charge >= 0.3 is 0 Å². The van der Waals surface area contributed by atoms with Gasteiger partial charge in [-0.2, -0.15) is 5.10 Å². The fourth-order valence-corrected chi connectivity index (χ4v) is 2.33. The first-order chi connectivity index (χ1) is 10.1. The van der Waals surface area contributed by atoms with E-state index in [4.69, 9.17) is 0 Å². The third-order valence-corrected chi connectivity index (χ3v) is 3.45. The quantitative estimate of drug-likeness (QED) is 0.887. The summed E-state index contributed by atoms with van der Waals surface area (Å²) in [7, 11) is 0. The van der Waals surface area contributed by atoms with Crippen LogP contribution in [0.5, 0.6) is 0 Å². The number of benzene rings is 1. The van der Waals surface area contributed by atoms with Gasteiger partial charge in [-0.25, -0.2) is 4.68 Å². The molecule has 0 saturated carbocycles. The first-order valence-corrected chi connectivity index (χ1v) is 7.44. The van der Waals surface area contributed by atoms with Crippen molar-refractivity contribution in [2.45, 2.75) is 39.8 Å². The van der Waals surface area contributed by atoms with E-state index in [0.717, 1.165) is 18.5 Å². The van der Waals surface area contributed by atoms with Gasteiger partial charge in [-0.1, -0.05) is 36.8 Å². The molecule has 2 rings (SSSR count). The zero-order valence-corrected chi connectivity index (χ0v) is 13.0. The maximum Gasteiger partial charge on any atom is 0.267 e. The van der Waals surface area contributed by atoms with E-state index < -0.39 is 0 Å².